The van der Waals surface area contributed by atoms with E-state index < -0.39 is 55.8 Å². The van der Waals surface area contributed by atoms with E-state index in [4.69, 9.17) is 15.3 Å². The highest BCUT2D eigenvalue weighted by Gasteiger charge is 2.51. The number of aliphatic hydroxyl groups excluding tert-OH is 6. The molecular weight excluding hydrogens is 246 g/mol. The van der Waals surface area contributed by atoms with Crippen LogP contribution in [-0.4, -0.2) is 91.6 Å². The van der Waals surface area contributed by atoms with Crippen LogP contribution in [0.15, 0.2) is 0 Å². The van der Waals surface area contributed by atoms with E-state index in [1.54, 1.807) is 0 Å². The summed E-state index contributed by atoms with van der Waals surface area (Å²) in [6.07, 6.45) is -4.91. The molecule has 0 heterocycles. The van der Waals surface area contributed by atoms with Gasteiger partial charge in [-0.15, -0.1) is 0 Å². The van der Waals surface area contributed by atoms with Crippen LogP contribution in [0.4, 0.5) is 0 Å². The molecule has 18 heavy (non-hydrogen) atoms. The maximum absolute atomic E-state index is 9.93. The van der Waals surface area contributed by atoms with Crippen LogP contribution in [0.3, 0.4) is 0 Å². The van der Waals surface area contributed by atoms with Crippen molar-refractivity contribution < 1.29 is 35.7 Å². The fraction of sp³-hybridized carbons (Fsp3) is 1.00. The Kier molecular flexibility index (Phi) is 5.44. The van der Waals surface area contributed by atoms with Gasteiger partial charge in [0.25, 0.3) is 0 Å². The van der Waals surface area contributed by atoms with Crippen molar-refractivity contribution in [2.45, 2.75) is 42.4 Å². The minimum absolute atomic E-state index is 0.223. The number of hydrogen-bond donors (Lipinski definition) is 8. The molecule has 108 valence electrons. The molecule has 1 rings (SSSR count). The zero-order valence-corrected chi connectivity index (χ0v) is 9.85. The van der Waals surface area contributed by atoms with Crippen LogP contribution in [0, 0.1) is 0 Å². The van der Waals surface area contributed by atoms with E-state index in [0.29, 0.717) is 0 Å². The fourth-order valence-corrected chi connectivity index (χ4v) is 2.15. The minimum Gasteiger partial charge on any atom is -0.395 e. The van der Waals surface area contributed by atoms with Crippen LogP contribution in [0.5, 0.6) is 0 Å². The third-order valence-corrected chi connectivity index (χ3v) is 3.37. The Balaban J connectivity index is 2.79. The first-order chi connectivity index (χ1) is 8.39. The molecular formula is C10H21NO7. The topological polar surface area (TPSA) is 154 Å². The van der Waals surface area contributed by atoms with Crippen LogP contribution >= 0.6 is 0 Å². The van der Waals surface area contributed by atoms with Gasteiger partial charge in [-0.3, -0.25) is 0 Å². The summed E-state index contributed by atoms with van der Waals surface area (Å²) in [6.45, 7) is -1.56. The lowest BCUT2D eigenvalue weighted by Gasteiger charge is -2.46. The van der Waals surface area contributed by atoms with Crippen molar-refractivity contribution in [3.63, 3.8) is 0 Å². The maximum atomic E-state index is 9.93. The second-order valence-electron chi connectivity index (χ2n) is 4.73. The van der Waals surface area contributed by atoms with E-state index in [1.165, 1.54) is 0 Å². The number of nitrogens with one attached hydrogen (secondary N) is 1. The highest BCUT2D eigenvalue weighted by Crippen LogP contribution is 2.29. The predicted octanol–water partition coefficient (Wildman–Crippen LogP) is -4.49. The van der Waals surface area contributed by atoms with Crippen molar-refractivity contribution >= 4 is 0 Å². The molecule has 0 saturated heterocycles. The van der Waals surface area contributed by atoms with E-state index in [-0.39, 0.29) is 6.42 Å². The minimum atomic E-state index is -1.94. The van der Waals surface area contributed by atoms with Gasteiger partial charge in [0.05, 0.1) is 32.0 Å². The molecule has 0 radical (unpaired) electrons. The molecule has 0 bridgehead atoms. The Morgan fingerprint density at radius 2 is 1.61 bits per heavy atom. The second-order valence-corrected chi connectivity index (χ2v) is 4.73. The molecule has 0 spiro atoms. The SMILES string of the molecule is OCC(CO)N[C@@H]1CC(O)(CO)[C@@H](O)C(O)C1O. The molecule has 3 unspecified atom stereocenters. The van der Waals surface area contributed by atoms with Gasteiger partial charge in [-0.1, -0.05) is 0 Å². The molecule has 8 N–H and O–H groups in total. The number of hydrogen-bond acceptors (Lipinski definition) is 8. The molecule has 0 amide bonds. The Hall–Kier alpha value is -0.320. The van der Waals surface area contributed by atoms with E-state index in [2.05, 4.69) is 5.32 Å². The average molecular weight is 267 g/mol. The molecule has 0 aromatic heterocycles. The quantitative estimate of drug-likeness (QED) is 0.248. The standard InChI is InChI=1S/C10H21NO7/c12-2-5(3-13)11-6-1-10(18,4-14)9(17)8(16)7(6)15/h5-9,11-18H,1-4H2/t6-,7?,8?,9+,10?/m1/s1. The highest BCUT2D eigenvalue weighted by atomic mass is 16.4. The van der Waals surface area contributed by atoms with Gasteiger partial charge in [0.1, 0.15) is 17.8 Å². The van der Waals surface area contributed by atoms with Crippen LogP contribution in [0.2, 0.25) is 0 Å². The van der Waals surface area contributed by atoms with Crippen LogP contribution in [-0.2, 0) is 0 Å². The predicted molar refractivity (Wildman–Crippen MR) is 59.6 cm³/mol. The van der Waals surface area contributed by atoms with Crippen LogP contribution in [0.25, 0.3) is 0 Å². The first-order valence-electron chi connectivity index (χ1n) is 5.74. The molecule has 0 aromatic rings. The Bertz CT molecular complexity index is 263. The fourth-order valence-electron chi connectivity index (χ4n) is 2.15. The van der Waals surface area contributed by atoms with Gasteiger partial charge in [0, 0.05) is 6.04 Å². The third-order valence-electron chi connectivity index (χ3n) is 3.37. The lowest BCUT2D eigenvalue weighted by molar-refractivity contribution is -0.207. The smallest absolute Gasteiger partial charge is 0.118 e. The van der Waals surface area contributed by atoms with E-state index in [9.17, 15) is 20.4 Å². The van der Waals surface area contributed by atoms with Crippen molar-refractivity contribution in [1.29, 1.82) is 0 Å². The van der Waals surface area contributed by atoms with E-state index in [0.717, 1.165) is 0 Å². The molecule has 0 aromatic carbocycles. The summed E-state index contributed by atoms with van der Waals surface area (Å²) in [5.74, 6) is 0. The average Bonchev–Trinajstić information content (AvgIpc) is 2.39. The summed E-state index contributed by atoms with van der Waals surface area (Å²) in [5.41, 5.74) is -1.94. The maximum Gasteiger partial charge on any atom is 0.118 e. The Morgan fingerprint density at radius 3 is 2.06 bits per heavy atom. The van der Waals surface area contributed by atoms with Crippen molar-refractivity contribution in [1.82, 2.24) is 5.32 Å². The lowest BCUT2D eigenvalue weighted by atomic mass is 9.76. The molecule has 8 nitrogen and oxygen atoms in total. The number of aliphatic hydroxyl groups is 7. The van der Waals surface area contributed by atoms with Gasteiger partial charge >= 0.3 is 0 Å². The first kappa shape index (κ1) is 15.7. The summed E-state index contributed by atoms with van der Waals surface area (Å²) < 4.78 is 0. The third kappa shape index (κ3) is 2.98. The van der Waals surface area contributed by atoms with Gasteiger partial charge in [0.15, 0.2) is 0 Å². The molecule has 1 saturated carbocycles. The highest BCUT2D eigenvalue weighted by molar-refractivity contribution is 5.05. The van der Waals surface area contributed by atoms with Gasteiger partial charge < -0.3 is 41.1 Å². The molecule has 1 aliphatic carbocycles. The summed E-state index contributed by atoms with van der Waals surface area (Å²) in [4.78, 5) is 0. The van der Waals surface area contributed by atoms with Crippen molar-refractivity contribution in [2.24, 2.45) is 0 Å². The Morgan fingerprint density at radius 1 is 1.06 bits per heavy atom. The van der Waals surface area contributed by atoms with Gasteiger partial charge in [-0.25, -0.2) is 0 Å². The zero-order chi connectivity index (χ0) is 13.9. The monoisotopic (exact) mass is 267 g/mol. The van der Waals surface area contributed by atoms with Gasteiger partial charge in [-0.05, 0) is 6.42 Å². The van der Waals surface area contributed by atoms with Crippen LogP contribution in [0.1, 0.15) is 6.42 Å². The summed E-state index contributed by atoms with van der Waals surface area (Å²) in [6, 6.07) is -1.60. The van der Waals surface area contributed by atoms with E-state index in [1.807, 2.05) is 0 Å². The van der Waals surface area contributed by atoms with E-state index >= 15 is 0 Å². The summed E-state index contributed by atoms with van der Waals surface area (Å²) >= 11 is 0. The summed E-state index contributed by atoms with van der Waals surface area (Å²) in [5, 5.41) is 68.4. The first-order valence-corrected chi connectivity index (χ1v) is 5.74. The van der Waals surface area contributed by atoms with Crippen molar-refractivity contribution in [2.75, 3.05) is 19.8 Å². The van der Waals surface area contributed by atoms with Crippen molar-refractivity contribution in [3.8, 4) is 0 Å². The zero-order valence-electron chi connectivity index (χ0n) is 9.85. The molecule has 8 heteroatoms. The summed E-state index contributed by atoms with van der Waals surface area (Å²) in [7, 11) is 0. The normalized spacial score (nSPS) is 41.3. The molecule has 1 aliphatic rings. The second kappa shape index (κ2) is 6.22. The van der Waals surface area contributed by atoms with Crippen molar-refractivity contribution in [3.05, 3.63) is 0 Å². The van der Waals surface area contributed by atoms with Crippen LogP contribution < -0.4 is 5.32 Å². The van der Waals surface area contributed by atoms with Gasteiger partial charge in [-0.2, -0.15) is 0 Å². The molecule has 5 atom stereocenters. The largest absolute Gasteiger partial charge is 0.395 e. The number of rotatable bonds is 5. The Labute approximate surface area is 104 Å². The lowest BCUT2D eigenvalue weighted by Crippen LogP contribution is -2.68. The molecule has 1 fully saturated rings. The van der Waals surface area contributed by atoms with Gasteiger partial charge in [0.2, 0.25) is 0 Å². The molecule has 0 aliphatic heterocycles.